The molecule has 0 unspecified atom stereocenters. The lowest BCUT2D eigenvalue weighted by molar-refractivity contribution is 0.125. The Morgan fingerprint density at radius 2 is 2.45 bits per heavy atom. The van der Waals surface area contributed by atoms with Gasteiger partial charge in [0.1, 0.15) is 0 Å². The van der Waals surface area contributed by atoms with Crippen molar-refractivity contribution in [2.24, 2.45) is 0 Å². The molecule has 1 aromatic rings. The number of anilines is 1. The van der Waals surface area contributed by atoms with Crippen LogP contribution in [-0.2, 0) is 6.54 Å². The molecule has 1 aliphatic rings. The van der Waals surface area contributed by atoms with Crippen LogP contribution < -0.4 is 5.73 Å². The summed E-state index contributed by atoms with van der Waals surface area (Å²) in [7, 11) is 0. The zero-order chi connectivity index (χ0) is 7.90. The van der Waals surface area contributed by atoms with Crippen molar-refractivity contribution in [3.8, 4) is 0 Å². The monoisotopic (exact) mass is 153 g/mol. The van der Waals surface area contributed by atoms with Crippen molar-refractivity contribution in [1.29, 1.82) is 0 Å². The second kappa shape index (κ2) is 1.98. The predicted molar refractivity (Wildman–Crippen MR) is 40.8 cm³/mol. The Bertz CT molecular complexity index is 264. The third-order valence-corrected chi connectivity index (χ3v) is 1.94. The quantitative estimate of drug-likeness (QED) is 0.628. The van der Waals surface area contributed by atoms with E-state index in [2.05, 4.69) is 5.10 Å². The van der Waals surface area contributed by atoms with Gasteiger partial charge in [0.2, 0.25) is 0 Å². The lowest BCUT2D eigenvalue weighted by Gasteiger charge is -2.05. The molecule has 0 radical (unpaired) electrons. The van der Waals surface area contributed by atoms with Crippen molar-refractivity contribution in [1.82, 2.24) is 9.78 Å². The number of nitrogen functional groups attached to an aromatic ring is 1. The summed E-state index contributed by atoms with van der Waals surface area (Å²) in [4.78, 5) is 0. The highest BCUT2D eigenvalue weighted by Gasteiger charge is 2.40. The zero-order valence-corrected chi connectivity index (χ0v) is 6.20. The van der Waals surface area contributed by atoms with E-state index < -0.39 is 5.60 Å². The average molecular weight is 153 g/mol. The van der Waals surface area contributed by atoms with E-state index in [0.29, 0.717) is 12.2 Å². The molecule has 0 aromatic carbocycles. The van der Waals surface area contributed by atoms with Gasteiger partial charge in [-0.05, 0) is 12.8 Å². The predicted octanol–water partition coefficient (Wildman–Crippen LogP) is -0.00980. The maximum atomic E-state index is 9.49. The Balaban J connectivity index is 2.06. The van der Waals surface area contributed by atoms with Gasteiger partial charge in [-0.2, -0.15) is 5.10 Å². The van der Waals surface area contributed by atoms with E-state index in [1.165, 1.54) is 0 Å². The second-order valence-corrected chi connectivity index (χ2v) is 3.20. The van der Waals surface area contributed by atoms with Crippen molar-refractivity contribution < 1.29 is 5.11 Å². The third kappa shape index (κ3) is 1.35. The summed E-state index contributed by atoms with van der Waals surface area (Å²) in [6.07, 6.45) is 5.08. The number of aliphatic hydroxyl groups is 1. The number of aromatic nitrogens is 2. The first kappa shape index (κ1) is 6.67. The summed E-state index contributed by atoms with van der Waals surface area (Å²) in [5.41, 5.74) is 5.61. The molecule has 0 atom stereocenters. The molecule has 0 aliphatic heterocycles. The molecule has 0 amide bonds. The first-order valence-electron chi connectivity index (χ1n) is 3.68. The highest BCUT2D eigenvalue weighted by molar-refractivity contribution is 5.30. The van der Waals surface area contributed by atoms with E-state index >= 15 is 0 Å². The molecule has 11 heavy (non-hydrogen) atoms. The lowest BCUT2D eigenvalue weighted by Crippen LogP contribution is -2.16. The Hall–Kier alpha value is -1.03. The van der Waals surface area contributed by atoms with E-state index in [1.807, 2.05) is 0 Å². The summed E-state index contributed by atoms with van der Waals surface area (Å²) in [6.45, 7) is 0.574. The molecule has 0 spiro atoms. The van der Waals surface area contributed by atoms with Gasteiger partial charge in [-0.25, -0.2) is 0 Å². The summed E-state index contributed by atoms with van der Waals surface area (Å²) >= 11 is 0. The van der Waals surface area contributed by atoms with Crippen LogP contribution in [0.3, 0.4) is 0 Å². The van der Waals surface area contributed by atoms with Crippen molar-refractivity contribution in [2.75, 3.05) is 5.73 Å². The Labute approximate surface area is 64.6 Å². The summed E-state index contributed by atoms with van der Waals surface area (Å²) in [6, 6.07) is 0. The molecule has 1 aliphatic carbocycles. The van der Waals surface area contributed by atoms with Crippen LogP contribution in [0.1, 0.15) is 12.8 Å². The minimum Gasteiger partial charge on any atom is -0.396 e. The number of hydrogen-bond acceptors (Lipinski definition) is 3. The van der Waals surface area contributed by atoms with Gasteiger partial charge in [-0.15, -0.1) is 0 Å². The fourth-order valence-electron chi connectivity index (χ4n) is 1.07. The summed E-state index contributed by atoms with van der Waals surface area (Å²) in [5, 5.41) is 13.5. The minimum absolute atomic E-state index is 0.488. The van der Waals surface area contributed by atoms with Crippen LogP contribution in [0.5, 0.6) is 0 Å². The fraction of sp³-hybridized carbons (Fsp3) is 0.571. The van der Waals surface area contributed by atoms with Crippen molar-refractivity contribution in [2.45, 2.75) is 25.0 Å². The highest BCUT2D eigenvalue weighted by Crippen LogP contribution is 2.36. The largest absolute Gasteiger partial charge is 0.396 e. The van der Waals surface area contributed by atoms with E-state index in [0.717, 1.165) is 12.8 Å². The summed E-state index contributed by atoms with van der Waals surface area (Å²) < 4.78 is 1.68. The maximum absolute atomic E-state index is 9.49. The van der Waals surface area contributed by atoms with E-state index in [4.69, 9.17) is 5.73 Å². The Kier molecular flexibility index (Phi) is 1.20. The average Bonchev–Trinajstić information content (AvgIpc) is 2.49. The normalized spacial score (nSPS) is 20.1. The second-order valence-electron chi connectivity index (χ2n) is 3.20. The number of nitrogens with zero attached hydrogens (tertiary/aromatic N) is 2. The van der Waals surface area contributed by atoms with Crippen LogP contribution in [0.2, 0.25) is 0 Å². The molecule has 4 heteroatoms. The van der Waals surface area contributed by atoms with Gasteiger partial charge in [-0.3, -0.25) is 4.68 Å². The fourth-order valence-corrected chi connectivity index (χ4v) is 1.07. The Morgan fingerprint density at radius 3 is 2.91 bits per heavy atom. The van der Waals surface area contributed by atoms with Crippen molar-refractivity contribution in [3.63, 3.8) is 0 Å². The van der Waals surface area contributed by atoms with Gasteiger partial charge < -0.3 is 10.8 Å². The smallest absolute Gasteiger partial charge is 0.0844 e. The maximum Gasteiger partial charge on any atom is 0.0844 e. The number of hydrogen-bond donors (Lipinski definition) is 2. The topological polar surface area (TPSA) is 64.1 Å². The van der Waals surface area contributed by atoms with Crippen LogP contribution in [0.25, 0.3) is 0 Å². The van der Waals surface area contributed by atoms with Crippen LogP contribution in [-0.4, -0.2) is 20.5 Å². The molecule has 1 heterocycles. The van der Waals surface area contributed by atoms with Gasteiger partial charge in [0.05, 0.1) is 24.0 Å². The van der Waals surface area contributed by atoms with Crippen LogP contribution in [0, 0.1) is 0 Å². The molecule has 0 saturated heterocycles. The molecular weight excluding hydrogens is 142 g/mol. The minimum atomic E-state index is -0.488. The van der Waals surface area contributed by atoms with E-state index in [9.17, 15) is 5.11 Å². The SMILES string of the molecule is Nc1cnn(CC2(O)CC2)c1. The molecule has 1 saturated carbocycles. The van der Waals surface area contributed by atoms with Crippen molar-refractivity contribution in [3.05, 3.63) is 12.4 Å². The molecule has 0 bridgehead atoms. The first-order chi connectivity index (χ1) is 5.18. The van der Waals surface area contributed by atoms with Gasteiger partial charge in [0.25, 0.3) is 0 Å². The van der Waals surface area contributed by atoms with Gasteiger partial charge in [0, 0.05) is 6.20 Å². The number of nitrogens with two attached hydrogens (primary N) is 1. The van der Waals surface area contributed by atoms with E-state index in [1.54, 1.807) is 17.1 Å². The third-order valence-electron chi connectivity index (χ3n) is 1.94. The highest BCUT2D eigenvalue weighted by atomic mass is 16.3. The first-order valence-corrected chi connectivity index (χ1v) is 3.68. The van der Waals surface area contributed by atoms with Gasteiger partial charge in [-0.1, -0.05) is 0 Å². The molecule has 1 aromatic heterocycles. The zero-order valence-electron chi connectivity index (χ0n) is 6.20. The summed E-state index contributed by atoms with van der Waals surface area (Å²) in [5.74, 6) is 0. The van der Waals surface area contributed by atoms with Crippen LogP contribution >= 0.6 is 0 Å². The molecule has 1 fully saturated rings. The molecular formula is C7H11N3O. The standard InChI is InChI=1S/C7H11N3O/c8-6-3-9-10(4-6)5-7(11)1-2-7/h3-4,11H,1-2,5,8H2. The van der Waals surface area contributed by atoms with Gasteiger partial charge >= 0.3 is 0 Å². The molecule has 3 N–H and O–H groups in total. The van der Waals surface area contributed by atoms with Crippen molar-refractivity contribution >= 4 is 5.69 Å². The van der Waals surface area contributed by atoms with E-state index in [-0.39, 0.29) is 0 Å². The molecule has 2 rings (SSSR count). The van der Waals surface area contributed by atoms with Crippen LogP contribution in [0.15, 0.2) is 12.4 Å². The lowest BCUT2D eigenvalue weighted by atomic mass is 10.3. The molecule has 60 valence electrons. The van der Waals surface area contributed by atoms with Crippen LogP contribution in [0.4, 0.5) is 5.69 Å². The number of rotatable bonds is 2. The van der Waals surface area contributed by atoms with Gasteiger partial charge in [0.15, 0.2) is 0 Å². The molecule has 4 nitrogen and oxygen atoms in total. The Morgan fingerprint density at radius 1 is 1.73 bits per heavy atom.